The number of hydrogen-bond acceptors (Lipinski definition) is 7. The van der Waals surface area contributed by atoms with Gasteiger partial charge in [-0.25, -0.2) is 19.9 Å². The summed E-state index contributed by atoms with van der Waals surface area (Å²) >= 11 is 4.39. The Labute approximate surface area is 268 Å². The first-order valence-corrected chi connectivity index (χ1v) is 12.9. The average Bonchev–Trinajstić information content (AvgIpc) is 3.02. The van der Waals surface area contributed by atoms with E-state index in [1.54, 1.807) is 25.6 Å². The van der Waals surface area contributed by atoms with Crippen molar-refractivity contribution in [1.82, 2.24) is 19.9 Å². The number of benzene rings is 4. The molecule has 0 aliphatic heterocycles. The quantitative estimate of drug-likeness (QED) is 0.246. The second-order valence-corrected chi connectivity index (χ2v) is 8.69. The largest absolute Gasteiger partial charge is 1.00 e. The van der Waals surface area contributed by atoms with Crippen molar-refractivity contribution >= 4 is 34.4 Å². The molecule has 6 rings (SSSR count). The fourth-order valence-electron chi connectivity index (χ4n) is 3.91. The summed E-state index contributed by atoms with van der Waals surface area (Å²) in [7, 11) is 0.658. The minimum atomic E-state index is -1.00. The Hall–Kier alpha value is -3.56. The number of hydrogen-bond donors (Lipinski definition) is 1. The van der Waals surface area contributed by atoms with Crippen LogP contribution in [0.2, 0.25) is 0 Å². The van der Waals surface area contributed by atoms with Crippen molar-refractivity contribution in [2.45, 2.75) is 6.92 Å². The molecule has 0 fully saturated rings. The molecular formula is C32H30FN4NaO2S. The molecule has 0 amide bonds. The number of rotatable bonds is 3. The molecule has 6 aromatic rings. The van der Waals surface area contributed by atoms with Crippen molar-refractivity contribution in [3.63, 3.8) is 0 Å². The van der Waals surface area contributed by atoms with Gasteiger partial charge in [0.1, 0.15) is 35.2 Å². The molecule has 4 aromatic carbocycles. The number of nitrogens with zero attached hydrogens (tertiary/aromatic N) is 4. The van der Waals surface area contributed by atoms with Crippen LogP contribution in [-0.4, -0.2) is 45.1 Å². The van der Waals surface area contributed by atoms with Crippen LogP contribution in [-0.2, 0) is 12.6 Å². The summed E-state index contributed by atoms with van der Waals surface area (Å²) in [6.07, 6.45) is 6.48. The summed E-state index contributed by atoms with van der Waals surface area (Å²) < 4.78 is 20.9. The van der Waals surface area contributed by atoms with Gasteiger partial charge < -0.3 is 22.5 Å². The minimum absolute atomic E-state index is 0. The number of halogens is 1. The predicted molar refractivity (Wildman–Crippen MR) is 163 cm³/mol. The molecule has 0 saturated carbocycles. The van der Waals surface area contributed by atoms with E-state index >= 15 is 0 Å². The van der Waals surface area contributed by atoms with Crippen LogP contribution in [0.3, 0.4) is 0 Å². The van der Waals surface area contributed by atoms with E-state index in [0.29, 0.717) is 5.52 Å². The number of alkyl halides is 1. The third-order valence-corrected chi connectivity index (χ3v) is 5.59. The molecule has 0 bridgehead atoms. The molecule has 0 atom stereocenters. The molecule has 0 aliphatic rings. The maximum Gasteiger partial charge on any atom is 1.00 e. The van der Waals surface area contributed by atoms with Gasteiger partial charge in [0.05, 0.1) is 15.6 Å². The molecule has 0 saturated heterocycles. The normalized spacial score (nSPS) is 9.90. The number of aromatic hydroxyl groups is 1. The van der Waals surface area contributed by atoms with Gasteiger partial charge in [-0.15, -0.1) is 0 Å². The second kappa shape index (κ2) is 18.0. The fraction of sp³-hybridized carbons (Fsp3) is 0.125. The van der Waals surface area contributed by atoms with Gasteiger partial charge >= 0.3 is 29.6 Å². The molecule has 204 valence electrons. The van der Waals surface area contributed by atoms with Crippen molar-refractivity contribution in [2.75, 3.05) is 20.0 Å². The van der Waals surface area contributed by atoms with Gasteiger partial charge in [-0.3, -0.25) is 4.39 Å². The summed E-state index contributed by atoms with van der Waals surface area (Å²) in [5.74, 6) is 1.79. The zero-order valence-electron chi connectivity index (χ0n) is 24.2. The molecule has 2 heterocycles. The van der Waals surface area contributed by atoms with Gasteiger partial charge in [0, 0.05) is 23.2 Å². The summed E-state index contributed by atoms with van der Waals surface area (Å²) in [4.78, 5) is 16.3. The summed E-state index contributed by atoms with van der Waals surface area (Å²) in [5.41, 5.74) is 5.71. The summed E-state index contributed by atoms with van der Waals surface area (Å²) in [6, 6.07) is 27.9. The number of methoxy groups -OCH3 is 1. The Bertz CT molecular complexity index is 1650. The first-order chi connectivity index (χ1) is 20.1. The average molecular weight is 578 g/mol. The van der Waals surface area contributed by atoms with Crippen molar-refractivity contribution in [3.05, 3.63) is 110 Å². The van der Waals surface area contributed by atoms with Crippen molar-refractivity contribution in [1.29, 1.82) is 0 Å². The topological polar surface area (TPSA) is 81.0 Å². The Morgan fingerprint density at radius 3 is 1.71 bits per heavy atom. The molecule has 0 aliphatic carbocycles. The van der Waals surface area contributed by atoms with E-state index < -0.39 is 7.15 Å². The van der Waals surface area contributed by atoms with Crippen molar-refractivity contribution in [2.24, 2.45) is 0 Å². The van der Waals surface area contributed by atoms with E-state index in [4.69, 9.17) is 6.11 Å². The molecule has 0 radical (unpaired) electrons. The third kappa shape index (κ3) is 9.23. The molecule has 1 N–H and O–H groups in total. The molecule has 0 spiro atoms. The van der Waals surface area contributed by atoms with Gasteiger partial charge in [0.2, 0.25) is 0 Å². The van der Waals surface area contributed by atoms with Crippen LogP contribution in [0, 0.1) is 0 Å². The van der Waals surface area contributed by atoms with E-state index in [2.05, 4.69) is 50.8 Å². The maximum atomic E-state index is 9.96. The molecule has 9 heteroatoms. The van der Waals surface area contributed by atoms with Crippen LogP contribution in [0.5, 0.6) is 11.5 Å². The number of phenolic OH excluding ortho intramolecular Hbond substituents is 1. The molecule has 41 heavy (non-hydrogen) atoms. The molecule has 2 aromatic heterocycles. The van der Waals surface area contributed by atoms with E-state index in [-0.39, 0.29) is 35.3 Å². The van der Waals surface area contributed by atoms with Crippen LogP contribution >= 0.6 is 0 Å². The maximum absolute atomic E-state index is 9.96. The predicted octanol–water partition coefficient (Wildman–Crippen LogP) is 4.45. The Morgan fingerprint density at radius 1 is 0.780 bits per heavy atom. The second-order valence-electron chi connectivity index (χ2n) is 8.12. The van der Waals surface area contributed by atoms with E-state index in [0.717, 1.165) is 50.0 Å². The van der Waals surface area contributed by atoms with Gasteiger partial charge in [-0.2, -0.15) is 5.75 Å². The van der Waals surface area contributed by atoms with Crippen LogP contribution in [0.4, 0.5) is 4.39 Å². The summed E-state index contributed by atoms with van der Waals surface area (Å²) in [5, 5.41) is 11.7. The monoisotopic (exact) mass is 577 g/mol. The summed E-state index contributed by atoms with van der Waals surface area (Å²) in [6.45, 7) is 1.94. The van der Waals surface area contributed by atoms with Crippen molar-refractivity contribution < 1.29 is 45.2 Å². The first kappa shape index (κ1) is 32.0. The van der Waals surface area contributed by atoms with Crippen LogP contribution < -0.4 is 34.3 Å². The van der Waals surface area contributed by atoms with E-state index in [1.807, 2.05) is 67.6 Å². The molecule has 6 nitrogen and oxygen atoms in total. The third-order valence-electron chi connectivity index (χ3n) is 5.59. The van der Waals surface area contributed by atoms with E-state index in [1.165, 1.54) is 12.7 Å². The molecular weight excluding hydrogens is 546 g/mol. The number of aromatic nitrogens is 4. The number of ether oxygens (including phenoxy) is 1. The SMILES string of the molecule is CC[S-].COc1cc(-c2ccccc2)cc2cncnc12.Oc1cc(-c2ccccc2)cc2cncnc12.[2H]CF.[Na+]. The fourth-order valence-corrected chi connectivity index (χ4v) is 3.91. The number of fused-ring (bicyclic) bond motifs is 2. The van der Waals surface area contributed by atoms with E-state index in [9.17, 15) is 9.50 Å². The number of phenols is 1. The molecule has 0 unspecified atom stereocenters. The standard InChI is InChI=1S/C15H12N2O.C14H10N2O.C2H6S.CH3F.Na/c1-18-14-8-12(11-5-3-2-4-6-11)7-13-9-16-10-17-15(13)14;17-13-7-11(10-4-2-1-3-5-10)6-12-8-15-9-16-14(12)13;1-2-3;1-2;/h2-10H,1H3;1-9,17H;3H,2H2,1H3;1H3;/q;;;;+1/p-1/i;;;1D;. The van der Waals surface area contributed by atoms with Gasteiger partial charge in [0.15, 0.2) is 0 Å². The Kier molecular flexibility index (Phi) is 14.0. The van der Waals surface area contributed by atoms with Gasteiger partial charge in [0.25, 0.3) is 0 Å². The van der Waals surface area contributed by atoms with Crippen LogP contribution in [0.1, 0.15) is 8.29 Å². The van der Waals surface area contributed by atoms with Crippen LogP contribution in [0.25, 0.3) is 44.1 Å². The smallest absolute Gasteiger partial charge is 0.793 e. The van der Waals surface area contributed by atoms with Crippen molar-refractivity contribution in [3.8, 4) is 33.8 Å². The zero-order valence-corrected chi connectivity index (χ0v) is 26.1. The van der Waals surface area contributed by atoms with Gasteiger partial charge in [-0.1, -0.05) is 67.6 Å². The Morgan fingerprint density at radius 2 is 1.22 bits per heavy atom. The van der Waals surface area contributed by atoms with Crippen LogP contribution in [0.15, 0.2) is 110 Å². The Balaban J connectivity index is 0.000000243. The zero-order chi connectivity index (χ0) is 29.5. The first-order valence-electron chi connectivity index (χ1n) is 13.0. The van der Waals surface area contributed by atoms with Gasteiger partial charge in [-0.05, 0) is 46.5 Å². The minimum Gasteiger partial charge on any atom is -0.793 e.